The van der Waals surface area contributed by atoms with Gasteiger partial charge in [-0.1, -0.05) is 15.9 Å². The van der Waals surface area contributed by atoms with E-state index < -0.39 is 6.10 Å². The lowest BCUT2D eigenvalue weighted by molar-refractivity contribution is 0.181. The highest BCUT2D eigenvalue weighted by atomic mass is 79.9. The summed E-state index contributed by atoms with van der Waals surface area (Å²) in [7, 11) is 1.64. The van der Waals surface area contributed by atoms with E-state index in [1.165, 1.54) is 0 Å². The summed E-state index contributed by atoms with van der Waals surface area (Å²) in [5, 5.41) is 12.2. The molecule has 1 aromatic carbocycles. The highest BCUT2D eigenvalue weighted by Crippen LogP contribution is 2.33. The molecule has 1 heterocycles. The summed E-state index contributed by atoms with van der Waals surface area (Å²) < 4.78 is 7.14. The topological polar surface area (TPSA) is 29.5 Å². The maximum atomic E-state index is 10.3. The van der Waals surface area contributed by atoms with Gasteiger partial charge in [-0.3, -0.25) is 0 Å². The number of aliphatic hydroxyl groups excluding tert-OH is 1. The first-order valence-corrected chi connectivity index (χ1v) is 7.81. The second-order valence-electron chi connectivity index (χ2n) is 3.81. The van der Waals surface area contributed by atoms with E-state index in [9.17, 15) is 5.11 Å². The lowest BCUT2D eigenvalue weighted by atomic mass is 10.1. The van der Waals surface area contributed by atoms with Crippen LogP contribution in [0.2, 0.25) is 0 Å². The number of hydrogen-bond acceptors (Lipinski definition) is 3. The van der Waals surface area contributed by atoms with Crippen molar-refractivity contribution in [2.75, 3.05) is 7.11 Å². The molecule has 1 aromatic heterocycles. The van der Waals surface area contributed by atoms with Crippen LogP contribution < -0.4 is 4.74 Å². The fourth-order valence-electron chi connectivity index (χ4n) is 1.68. The zero-order chi connectivity index (χ0) is 13.1. The molecule has 5 heteroatoms. The molecule has 0 saturated carbocycles. The van der Waals surface area contributed by atoms with Crippen molar-refractivity contribution in [2.45, 2.75) is 12.5 Å². The Kier molecular flexibility index (Phi) is 4.84. The monoisotopic (exact) mass is 390 g/mol. The molecular weight excluding hydrogens is 380 g/mol. The molecule has 96 valence electrons. The van der Waals surface area contributed by atoms with E-state index in [0.717, 1.165) is 25.1 Å². The van der Waals surface area contributed by atoms with Gasteiger partial charge in [-0.15, -0.1) is 11.3 Å². The Morgan fingerprint density at radius 1 is 1.28 bits per heavy atom. The van der Waals surface area contributed by atoms with Gasteiger partial charge in [0, 0.05) is 20.2 Å². The Labute approximate surface area is 127 Å². The van der Waals surface area contributed by atoms with Gasteiger partial charge in [-0.25, -0.2) is 0 Å². The van der Waals surface area contributed by atoms with Gasteiger partial charge in [-0.05, 0) is 51.1 Å². The Morgan fingerprint density at radius 2 is 2.06 bits per heavy atom. The molecule has 18 heavy (non-hydrogen) atoms. The number of halogens is 2. The minimum atomic E-state index is -0.511. The smallest absolute Gasteiger partial charge is 0.119 e. The third-order valence-electron chi connectivity index (χ3n) is 2.61. The van der Waals surface area contributed by atoms with Gasteiger partial charge >= 0.3 is 0 Å². The van der Waals surface area contributed by atoms with Crippen LogP contribution in [0.4, 0.5) is 0 Å². The molecular formula is C13H12Br2O2S. The molecule has 0 radical (unpaired) electrons. The van der Waals surface area contributed by atoms with Crippen LogP contribution in [0.1, 0.15) is 16.5 Å². The molecule has 1 unspecified atom stereocenters. The van der Waals surface area contributed by atoms with Crippen molar-refractivity contribution in [1.82, 2.24) is 0 Å². The van der Waals surface area contributed by atoms with Crippen LogP contribution >= 0.6 is 43.2 Å². The minimum Gasteiger partial charge on any atom is -0.497 e. The average molecular weight is 392 g/mol. The van der Waals surface area contributed by atoms with Crippen molar-refractivity contribution in [2.24, 2.45) is 0 Å². The second-order valence-corrected chi connectivity index (χ2v) is 6.47. The van der Waals surface area contributed by atoms with E-state index in [1.807, 2.05) is 29.6 Å². The van der Waals surface area contributed by atoms with Gasteiger partial charge < -0.3 is 9.84 Å². The van der Waals surface area contributed by atoms with Crippen molar-refractivity contribution < 1.29 is 9.84 Å². The average Bonchev–Trinajstić information content (AvgIpc) is 2.78. The Bertz CT molecular complexity index is 540. The normalized spacial score (nSPS) is 12.4. The van der Waals surface area contributed by atoms with Crippen LogP contribution in [0.15, 0.2) is 38.6 Å². The first kappa shape index (κ1) is 14.1. The molecule has 1 N–H and O–H groups in total. The van der Waals surface area contributed by atoms with Gasteiger partial charge in [0.15, 0.2) is 0 Å². The van der Waals surface area contributed by atoms with E-state index >= 15 is 0 Å². The van der Waals surface area contributed by atoms with Crippen LogP contribution in [0.25, 0.3) is 0 Å². The third-order valence-corrected chi connectivity index (χ3v) is 5.36. The predicted molar refractivity (Wildman–Crippen MR) is 81.4 cm³/mol. The lowest BCUT2D eigenvalue weighted by Gasteiger charge is -2.12. The molecule has 0 aliphatic carbocycles. The van der Waals surface area contributed by atoms with Crippen molar-refractivity contribution in [1.29, 1.82) is 0 Å². The largest absolute Gasteiger partial charge is 0.497 e. The third kappa shape index (κ3) is 3.15. The zero-order valence-electron chi connectivity index (χ0n) is 9.69. The first-order valence-electron chi connectivity index (χ1n) is 5.35. The molecule has 0 saturated heterocycles. The fraction of sp³-hybridized carbons (Fsp3) is 0.231. The van der Waals surface area contributed by atoms with Crippen LogP contribution in [-0.2, 0) is 6.42 Å². The maximum absolute atomic E-state index is 10.3. The number of methoxy groups -OCH3 is 1. The molecule has 0 spiro atoms. The molecule has 2 rings (SSSR count). The van der Waals surface area contributed by atoms with Crippen LogP contribution in [0, 0.1) is 0 Å². The van der Waals surface area contributed by atoms with Gasteiger partial charge in [0.1, 0.15) is 5.75 Å². The minimum absolute atomic E-state index is 0.511. The van der Waals surface area contributed by atoms with E-state index in [2.05, 4.69) is 31.9 Å². The predicted octanol–water partition coefficient (Wildman–Crippen LogP) is 4.56. The molecule has 0 aliphatic rings. The Balaban J connectivity index is 2.21. The molecule has 0 aliphatic heterocycles. The van der Waals surface area contributed by atoms with Gasteiger partial charge in [0.2, 0.25) is 0 Å². The summed E-state index contributed by atoms with van der Waals surface area (Å²) in [5.74, 6) is 0.797. The zero-order valence-corrected chi connectivity index (χ0v) is 13.7. The lowest BCUT2D eigenvalue weighted by Crippen LogP contribution is -2.01. The highest BCUT2D eigenvalue weighted by Gasteiger charge is 2.15. The number of aliphatic hydroxyl groups is 1. The van der Waals surface area contributed by atoms with E-state index in [0.29, 0.717) is 6.42 Å². The summed E-state index contributed by atoms with van der Waals surface area (Å²) >= 11 is 8.49. The Hall–Kier alpha value is -0.360. The molecule has 0 fully saturated rings. The van der Waals surface area contributed by atoms with E-state index in [1.54, 1.807) is 18.4 Å². The summed E-state index contributed by atoms with van der Waals surface area (Å²) in [6, 6.07) is 7.71. The summed E-state index contributed by atoms with van der Waals surface area (Å²) in [4.78, 5) is 0.949. The SMILES string of the molecule is COc1ccc(Br)c(CC(O)c2sccc2Br)c1. The van der Waals surface area contributed by atoms with Crippen LogP contribution in [0.5, 0.6) is 5.75 Å². The summed E-state index contributed by atoms with van der Waals surface area (Å²) in [6.07, 6.45) is 0.0412. The van der Waals surface area contributed by atoms with Crippen molar-refractivity contribution in [3.8, 4) is 5.75 Å². The van der Waals surface area contributed by atoms with Gasteiger partial charge in [0.25, 0.3) is 0 Å². The number of thiophene rings is 1. The number of ether oxygens (including phenoxy) is 1. The van der Waals surface area contributed by atoms with E-state index in [4.69, 9.17) is 4.74 Å². The quantitative estimate of drug-likeness (QED) is 0.827. The molecule has 0 amide bonds. The number of hydrogen-bond donors (Lipinski definition) is 1. The first-order chi connectivity index (χ1) is 8.61. The standard InChI is InChI=1S/C13H12Br2O2S/c1-17-9-2-3-10(14)8(6-9)7-12(16)13-11(15)4-5-18-13/h2-6,12,16H,7H2,1H3. The van der Waals surface area contributed by atoms with Crippen molar-refractivity contribution >= 4 is 43.2 Å². The number of benzene rings is 1. The van der Waals surface area contributed by atoms with Crippen molar-refractivity contribution in [3.05, 3.63) is 49.0 Å². The maximum Gasteiger partial charge on any atom is 0.119 e. The fourth-order valence-corrected chi connectivity index (χ4v) is 3.71. The van der Waals surface area contributed by atoms with E-state index in [-0.39, 0.29) is 0 Å². The van der Waals surface area contributed by atoms with Crippen LogP contribution in [0.3, 0.4) is 0 Å². The second kappa shape index (κ2) is 6.19. The molecule has 0 bridgehead atoms. The van der Waals surface area contributed by atoms with Crippen LogP contribution in [-0.4, -0.2) is 12.2 Å². The molecule has 2 aromatic rings. The highest BCUT2D eigenvalue weighted by molar-refractivity contribution is 9.10. The Morgan fingerprint density at radius 3 is 2.67 bits per heavy atom. The molecule has 2 nitrogen and oxygen atoms in total. The molecule has 1 atom stereocenters. The van der Waals surface area contributed by atoms with Gasteiger partial charge in [0.05, 0.1) is 13.2 Å². The summed E-state index contributed by atoms with van der Waals surface area (Å²) in [5.41, 5.74) is 1.03. The summed E-state index contributed by atoms with van der Waals surface area (Å²) in [6.45, 7) is 0. The van der Waals surface area contributed by atoms with Gasteiger partial charge in [-0.2, -0.15) is 0 Å². The number of rotatable bonds is 4. The van der Waals surface area contributed by atoms with Crippen molar-refractivity contribution in [3.63, 3.8) is 0 Å².